The molecule has 0 unspecified atom stereocenters. The first kappa shape index (κ1) is 91.5. The molecule has 4 saturated carbocycles. The summed E-state index contributed by atoms with van der Waals surface area (Å²) in [6.07, 6.45) is 7.00. The minimum Gasteiger partial charge on any atom is -0.497 e. The lowest BCUT2D eigenvalue weighted by Crippen LogP contribution is -2.28. The van der Waals surface area contributed by atoms with Crippen LogP contribution in [0.15, 0.2) is 271 Å². The number of aliphatic hydroxyl groups excluding tert-OH is 2. The number of nitrogens with one attached hydrogen (secondary N) is 8. The summed E-state index contributed by atoms with van der Waals surface area (Å²) in [7, 11) is 3.32. The number of ether oxygens (including phenoxy) is 4. The van der Waals surface area contributed by atoms with E-state index in [2.05, 4.69) is 81.8 Å². The molecule has 4 heterocycles. The zero-order valence-corrected chi connectivity index (χ0v) is 74.0. The van der Waals surface area contributed by atoms with Crippen LogP contribution in [0.25, 0.3) is 43.6 Å². The van der Waals surface area contributed by atoms with Crippen molar-refractivity contribution in [1.82, 2.24) is 39.9 Å². The summed E-state index contributed by atoms with van der Waals surface area (Å²) in [6, 6.07) is 80.5. The highest BCUT2D eigenvalue weighted by molar-refractivity contribution is 7.99. The van der Waals surface area contributed by atoms with Crippen LogP contribution in [-0.4, -0.2) is 94.6 Å². The number of para-hydroxylation sites is 7. The summed E-state index contributed by atoms with van der Waals surface area (Å²) in [5.74, 6) is 8.09. The minimum atomic E-state index is -4.95. The predicted molar refractivity (Wildman–Crippen MR) is 511 cm³/mol. The zero-order valence-electron chi connectivity index (χ0n) is 73.1. The normalized spacial score (nSPS) is 15.1. The van der Waals surface area contributed by atoms with Gasteiger partial charge in [-0.1, -0.05) is 190 Å². The van der Waals surface area contributed by atoms with Crippen LogP contribution in [0.2, 0.25) is 0 Å². The van der Waals surface area contributed by atoms with E-state index in [1.54, 1.807) is 38.1 Å². The molecule has 22 nitrogen and oxygen atoms in total. The zero-order chi connectivity index (χ0) is 91.2. The number of hydrogen-bond acceptors (Lipinski definition) is 23. The molecule has 4 aliphatic rings. The maximum Gasteiger partial charge on any atom is 0.416 e. The van der Waals surface area contributed by atoms with E-state index in [9.17, 15) is 36.6 Å². The van der Waals surface area contributed by atoms with E-state index in [4.69, 9.17) is 43.9 Å². The highest BCUT2D eigenvalue weighted by Gasteiger charge is 2.38. The van der Waals surface area contributed by atoms with Crippen LogP contribution < -0.4 is 61.5 Å². The largest absolute Gasteiger partial charge is 0.497 e. The van der Waals surface area contributed by atoms with Crippen LogP contribution in [0.5, 0.6) is 34.5 Å². The van der Waals surface area contributed by atoms with E-state index in [1.165, 1.54) is 76.3 Å². The number of halogens is 6. The van der Waals surface area contributed by atoms with Gasteiger partial charge in [0.2, 0.25) is 23.8 Å². The van der Waals surface area contributed by atoms with Gasteiger partial charge in [-0.15, -0.1) is 0 Å². The Bertz CT molecular complexity index is 6340. The third kappa shape index (κ3) is 24.5. The second kappa shape index (κ2) is 43.8. The molecule has 0 amide bonds. The van der Waals surface area contributed by atoms with Gasteiger partial charge in [-0.25, -0.2) is 19.9 Å². The van der Waals surface area contributed by atoms with Crippen molar-refractivity contribution in [2.45, 2.75) is 182 Å². The summed E-state index contributed by atoms with van der Waals surface area (Å²) in [4.78, 5) is 39.9. The Morgan fingerprint density at radius 1 is 0.333 bits per heavy atom. The number of aliphatic hydroxyl groups is 2. The number of methoxy groups -OCH3 is 2. The Morgan fingerprint density at radius 3 is 1.11 bits per heavy atom. The lowest BCUT2D eigenvalue weighted by Gasteiger charge is -2.19. The van der Waals surface area contributed by atoms with Crippen molar-refractivity contribution < 1.29 is 55.5 Å². The summed E-state index contributed by atoms with van der Waals surface area (Å²) in [5, 5.41) is 51.6. The molecule has 0 spiro atoms. The highest BCUT2D eigenvalue weighted by Crippen LogP contribution is 2.42. The lowest BCUT2D eigenvalue weighted by atomic mass is 10.1. The Kier molecular flexibility index (Phi) is 30.3. The molecule has 0 bridgehead atoms. The van der Waals surface area contributed by atoms with Crippen molar-refractivity contribution in [1.29, 1.82) is 0 Å². The van der Waals surface area contributed by atoms with Crippen molar-refractivity contribution in [3.63, 3.8) is 0 Å². The number of aromatic nitrogens is 8. The molecule has 2 atom stereocenters. The average molecular weight is 1810 g/mol. The first-order chi connectivity index (χ1) is 64.4. The lowest BCUT2D eigenvalue weighted by molar-refractivity contribution is -0.143. The number of benzene rings is 11. The van der Waals surface area contributed by atoms with Gasteiger partial charge in [-0.3, -0.25) is 0 Å². The quantitative estimate of drug-likeness (QED) is 0.0195. The van der Waals surface area contributed by atoms with Crippen LogP contribution in [0.4, 0.5) is 73.4 Å². The fraction of sp³-hybridized carbons (Fsp3) is 0.282. The van der Waals surface area contributed by atoms with Crippen molar-refractivity contribution >= 4 is 102 Å². The summed E-state index contributed by atoms with van der Waals surface area (Å²) < 4.78 is 101. The molecule has 4 aromatic heterocycles. The Morgan fingerprint density at radius 2 is 0.697 bits per heavy atom. The van der Waals surface area contributed by atoms with Gasteiger partial charge < -0.3 is 71.7 Å². The molecule has 19 rings (SSSR count). The second-order valence-corrected chi connectivity index (χ2v) is 33.9. The molecule has 0 radical (unpaired) electrons. The molecule has 0 saturated heterocycles. The van der Waals surface area contributed by atoms with Gasteiger partial charge in [0.1, 0.15) is 46.3 Å². The molecule has 132 heavy (non-hydrogen) atoms. The first-order valence-corrected chi connectivity index (χ1v) is 45.5. The third-order valence-corrected chi connectivity index (χ3v) is 24.8. The van der Waals surface area contributed by atoms with Crippen molar-refractivity contribution in [3.8, 4) is 34.5 Å². The van der Waals surface area contributed by atoms with E-state index < -0.39 is 29.2 Å². The van der Waals surface area contributed by atoms with E-state index in [0.717, 1.165) is 148 Å². The highest BCUT2D eigenvalue weighted by atomic mass is 32.2. The third-order valence-electron chi connectivity index (χ3n) is 23.6. The fourth-order valence-electron chi connectivity index (χ4n) is 16.6. The van der Waals surface area contributed by atoms with Crippen molar-refractivity contribution in [2.24, 2.45) is 0 Å². The molecule has 4 aliphatic carbocycles. The monoisotopic (exact) mass is 1810 g/mol. The average Bonchev–Trinajstić information content (AvgIpc) is 1.23. The van der Waals surface area contributed by atoms with Gasteiger partial charge in [0.05, 0.1) is 66.2 Å². The Labute approximate surface area is 766 Å². The van der Waals surface area contributed by atoms with Gasteiger partial charge >= 0.3 is 12.4 Å². The Balaban J connectivity index is 0.000000129. The van der Waals surface area contributed by atoms with Gasteiger partial charge in [-0.2, -0.15) is 46.3 Å². The van der Waals surface area contributed by atoms with Gasteiger partial charge in [0.25, 0.3) is 0 Å². The standard InChI is InChI=1S/C28H24F6N4O.C27H28N4O2S.C27H28N4O2.C21H24N4O/c29-27(30,31)18-13-19(28(32,33)34)15-22(14-18)39-21-11-9-17(10-12-21)16-35-26-37-24-8-4-3-7-23(24)25(38-26)36-20-5-1-2-6-20;32-17-19-9-2-6-15-25(19)34-24-14-5-1-8-18(24)16-28-27-30-21-11-4-3-10-20(21)26(31-27)29-22-12-7-13-23(22)33;1-32-24-16-8-9-17-25(24)33-23-15-7-2-10-19(23)18-28-27-30-22-14-6-5-13-21(22)26(31-27)29-20-11-3-4-12-20;1-26-17-12-10-15(11-13-17)14-22-21-24-19-9-5-4-8-18(19)20(25-21)23-16-6-2-3-7-16/h3-4,7-15,20H,1-2,5-6,16H2,(H2,35,36,37,38);1-6,8-11,14-15,22-23,32-33H,7,12-13,16-17H2,(H2,28,29,30,31);2,5-10,13-17,20H,3-4,11-12,18H2,1H3,(H2,28,29,30,31);4-5,8-13,16H,2-3,6-7,14H2,1H3,(H2,22,23,24,25)/t;22-,23-;;/m.0../s1. The molecule has 680 valence electrons. The predicted octanol–water partition coefficient (Wildman–Crippen LogP) is 24.6. The molecule has 15 aromatic rings. The van der Waals surface area contributed by atoms with Crippen LogP contribution in [0, 0.1) is 0 Å². The van der Waals surface area contributed by atoms with Crippen LogP contribution in [0.1, 0.15) is 135 Å². The van der Waals surface area contributed by atoms with E-state index in [-0.39, 0.29) is 30.6 Å². The summed E-state index contributed by atoms with van der Waals surface area (Å²) in [6.45, 7) is 2.12. The maximum absolute atomic E-state index is 13.1. The Hall–Kier alpha value is -13.8. The summed E-state index contributed by atoms with van der Waals surface area (Å²) in [5.41, 5.74) is 5.64. The minimum absolute atomic E-state index is 0.00914. The van der Waals surface area contributed by atoms with Crippen LogP contribution in [-0.2, 0) is 45.1 Å². The smallest absolute Gasteiger partial charge is 0.416 e. The number of nitrogens with zero attached hydrogens (tertiary/aromatic N) is 8. The second-order valence-electron chi connectivity index (χ2n) is 32.9. The number of anilines is 8. The van der Waals surface area contributed by atoms with Crippen LogP contribution in [0.3, 0.4) is 0 Å². The fourth-order valence-corrected chi connectivity index (χ4v) is 17.6. The molecule has 4 fully saturated rings. The molecule has 0 aliphatic heterocycles. The van der Waals surface area contributed by atoms with Crippen LogP contribution >= 0.6 is 11.8 Å². The van der Waals surface area contributed by atoms with E-state index in [1.807, 2.05) is 194 Å². The number of hydrogen-bond donors (Lipinski definition) is 10. The SMILES string of the molecule is COc1ccc(CNc2nc(NC3CCCC3)c3ccccc3n2)cc1.COc1ccccc1Oc1ccccc1CNc1nc(NC2CCCC2)c2ccccc2n1.FC(F)(F)c1cc(Oc2ccc(CNc3nc(NC4CCCC4)c4ccccc4n3)cc2)cc(C(F)(F)F)c1.OCc1ccccc1Sc1ccccc1CNc1nc(N[C@H]2CCC[C@@H]2O)c2ccccc2n1. The number of fused-ring (bicyclic) bond motifs is 4. The maximum atomic E-state index is 13.1. The van der Waals surface area contributed by atoms with Gasteiger partial charge in [-0.05, 0) is 201 Å². The molecule has 29 heteroatoms. The van der Waals surface area contributed by atoms with Gasteiger partial charge in [0, 0.05) is 81.2 Å². The molecular formula is C103H104F6N16O6S. The number of alkyl halides is 6. The molecule has 11 aromatic carbocycles. The van der Waals surface area contributed by atoms with Crippen molar-refractivity contribution in [3.05, 3.63) is 300 Å². The molecular weight excluding hydrogens is 1700 g/mol. The van der Waals surface area contributed by atoms with E-state index in [0.29, 0.717) is 91.7 Å². The molecule has 10 N–H and O–H groups in total. The van der Waals surface area contributed by atoms with Crippen molar-refractivity contribution in [2.75, 3.05) is 56.8 Å². The number of rotatable bonds is 29. The van der Waals surface area contributed by atoms with E-state index >= 15 is 0 Å². The summed E-state index contributed by atoms with van der Waals surface area (Å²) >= 11 is 1.65. The first-order valence-electron chi connectivity index (χ1n) is 44.7. The van der Waals surface area contributed by atoms with Gasteiger partial charge in [0.15, 0.2) is 11.5 Å². The topological polar surface area (TPSA) is 277 Å².